The van der Waals surface area contributed by atoms with Gasteiger partial charge in [0.05, 0.1) is 11.4 Å². The van der Waals surface area contributed by atoms with Crippen LogP contribution in [0.2, 0.25) is 0 Å². The van der Waals surface area contributed by atoms with Crippen LogP contribution in [0.5, 0.6) is 5.75 Å². The number of rotatable bonds is 4. The molecular formula is C15H16ClN3O. The quantitative estimate of drug-likeness (QED) is 0.642. The fraction of sp³-hybridized carbons (Fsp3) is 0.333. The summed E-state index contributed by atoms with van der Waals surface area (Å²) in [4.78, 5) is 4.18. The van der Waals surface area contributed by atoms with E-state index in [0.717, 1.165) is 29.2 Å². The third-order valence-corrected chi connectivity index (χ3v) is 2.91. The van der Waals surface area contributed by atoms with Gasteiger partial charge in [0.1, 0.15) is 18.7 Å². The SMILES string of the molecule is CCn1ncnc1COc1ccc(C)cc1C#CCCl. The molecule has 5 heteroatoms. The van der Waals surface area contributed by atoms with Crippen molar-refractivity contribution in [3.05, 3.63) is 41.5 Å². The van der Waals surface area contributed by atoms with Crippen molar-refractivity contribution < 1.29 is 4.74 Å². The molecule has 0 unspecified atom stereocenters. The zero-order chi connectivity index (χ0) is 14.4. The molecule has 0 fully saturated rings. The van der Waals surface area contributed by atoms with Gasteiger partial charge in [-0.1, -0.05) is 17.9 Å². The molecule has 0 aliphatic heterocycles. The van der Waals surface area contributed by atoms with Crippen molar-refractivity contribution in [2.75, 3.05) is 5.88 Å². The summed E-state index contributed by atoms with van der Waals surface area (Å²) < 4.78 is 7.61. The van der Waals surface area contributed by atoms with Crippen molar-refractivity contribution in [1.29, 1.82) is 0 Å². The van der Waals surface area contributed by atoms with Gasteiger partial charge in [-0.25, -0.2) is 9.67 Å². The molecule has 0 aliphatic rings. The van der Waals surface area contributed by atoms with Crippen LogP contribution in [0.15, 0.2) is 24.5 Å². The minimum atomic E-state index is 0.303. The summed E-state index contributed by atoms with van der Waals surface area (Å²) in [5.41, 5.74) is 1.97. The summed E-state index contributed by atoms with van der Waals surface area (Å²) in [6.07, 6.45) is 1.53. The van der Waals surface area contributed by atoms with Gasteiger partial charge in [-0.2, -0.15) is 5.10 Å². The Bertz CT molecular complexity index is 640. The van der Waals surface area contributed by atoms with Crippen LogP contribution < -0.4 is 4.74 Å². The Morgan fingerprint density at radius 2 is 2.25 bits per heavy atom. The van der Waals surface area contributed by atoms with Crippen LogP contribution in [0.1, 0.15) is 23.9 Å². The molecule has 4 nitrogen and oxygen atoms in total. The number of nitrogens with zero attached hydrogens (tertiary/aromatic N) is 3. The fourth-order valence-electron chi connectivity index (χ4n) is 1.80. The largest absolute Gasteiger partial charge is 0.484 e. The first-order valence-corrected chi connectivity index (χ1v) is 6.93. The van der Waals surface area contributed by atoms with Crippen molar-refractivity contribution in [1.82, 2.24) is 14.8 Å². The molecule has 1 heterocycles. The summed E-state index contributed by atoms with van der Waals surface area (Å²) in [5.74, 6) is 7.70. The highest BCUT2D eigenvalue weighted by atomic mass is 35.5. The lowest BCUT2D eigenvalue weighted by Gasteiger charge is -2.09. The Labute approximate surface area is 123 Å². The van der Waals surface area contributed by atoms with E-state index in [-0.39, 0.29) is 0 Å². The van der Waals surface area contributed by atoms with Gasteiger partial charge in [0.15, 0.2) is 5.82 Å². The zero-order valence-corrected chi connectivity index (χ0v) is 12.3. The first-order chi connectivity index (χ1) is 9.74. The van der Waals surface area contributed by atoms with E-state index in [1.807, 2.05) is 32.0 Å². The van der Waals surface area contributed by atoms with Crippen LogP contribution in [0.3, 0.4) is 0 Å². The van der Waals surface area contributed by atoms with Crippen molar-refractivity contribution in [2.24, 2.45) is 0 Å². The zero-order valence-electron chi connectivity index (χ0n) is 11.6. The highest BCUT2D eigenvalue weighted by Gasteiger charge is 2.06. The van der Waals surface area contributed by atoms with Gasteiger partial charge in [-0.05, 0) is 31.5 Å². The Morgan fingerprint density at radius 3 is 3.00 bits per heavy atom. The first kappa shape index (κ1) is 14.4. The molecule has 1 aromatic heterocycles. The number of aryl methyl sites for hydroxylation is 2. The summed E-state index contributed by atoms with van der Waals surface area (Å²) in [7, 11) is 0. The predicted octanol–water partition coefficient (Wildman–Crippen LogP) is 2.78. The van der Waals surface area contributed by atoms with Crippen LogP contribution in [0.25, 0.3) is 0 Å². The van der Waals surface area contributed by atoms with Gasteiger partial charge in [0.25, 0.3) is 0 Å². The maximum absolute atomic E-state index is 5.81. The third kappa shape index (κ3) is 3.52. The molecule has 20 heavy (non-hydrogen) atoms. The van der Waals surface area contributed by atoms with Gasteiger partial charge in [0, 0.05) is 6.54 Å². The normalized spacial score (nSPS) is 9.95. The summed E-state index contributed by atoms with van der Waals surface area (Å²) in [6.45, 7) is 5.17. The smallest absolute Gasteiger partial charge is 0.164 e. The van der Waals surface area contributed by atoms with Crippen molar-refractivity contribution in [2.45, 2.75) is 27.0 Å². The van der Waals surface area contributed by atoms with Crippen LogP contribution in [-0.4, -0.2) is 20.6 Å². The monoisotopic (exact) mass is 289 g/mol. The second-order valence-electron chi connectivity index (χ2n) is 4.22. The molecule has 0 radical (unpaired) electrons. The number of halogens is 1. The third-order valence-electron chi connectivity index (χ3n) is 2.78. The number of alkyl halides is 1. The van der Waals surface area contributed by atoms with Gasteiger partial charge in [-0.3, -0.25) is 0 Å². The van der Waals surface area contributed by atoms with E-state index in [9.17, 15) is 0 Å². The number of hydrogen-bond acceptors (Lipinski definition) is 3. The van der Waals surface area contributed by atoms with Gasteiger partial charge < -0.3 is 4.74 Å². The molecule has 0 saturated carbocycles. The molecule has 0 N–H and O–H groups in total. The van der Waals surface area contributed by atoms with Crippen LogP contribution in [-0.2, 0) is 13.2 Å². The summed E-state index contributed by atoms with van der Waals surface area (Å²) in [6, 6.07) is 5.89. The summed E-state index contributed by atoms with van der Waals surface area (Å²) >= 11 is 5.61. The molecule has 0 aliphatic carbocycles. The molecule has 2 aromatic rings. The molecule has 0 atom stereocenters. The average molecular weight is 290 g/mol. The molecule has 0 amide bonds. The standard InChI is InChI=1S/C15H16ClN3O/c1-3-19-15(17-11-18-19)10-20-14-7-6-12(2)9-13(14)5-4-8-16/h6-7,9,11H,3,8,10H2,1-2H3. The second-order valence-corrected chi connectivity index (χ2v) is 4.48. The first-order valence-electron chi connectivity index (χ1n) is 6.39. The van der Waals surface area contributed by atoms with E-state index in [1.165, 1.54) is 6.33 Å². The van der Waals surface area contributed by atoms with Crippen LogP contribution in [0.4, 0.5) is 0 Å². The van der Waals surface area contributed by atoms with Gasteiger partial charge >= 0.3 is 0 Å². The lowest BCUT2D eigenvalue weighted by molar-refractivity contribution is 0.286. The second kappa shape index (κ2) is 6.97. The Balaban J connectivity index is 2.17. The molecule has 1 aromatic carbocycles. The summed E-state index contributed by atoms with van der Waals surface area (Å²) in [5, 5.41) is 4.11. The predicted molar refractivity (Wildman–Crippen MR) is 78.8 cm³/mol. The Hall–Kier alpha value is -1.99. The number of hydrogen-bond donors (Lipinski definition) is 0. The van der Waals surface area contributed by atoms with Crippen molar-refractivity contribution in [3.8, 4) is 17.6 Å². The number of ether oxygens (including phenoxy) is 1. The average Bonchev–Trinajstić information content (AvgIpc) is 2.91. The van der Waals surface area contributed by atoms with E-state index in [0.29, 0.717) is 12.5 Å². The number of benzene rings is 1. The van der Waals surface area contributed by atoms with E-state index in [4.69, 9.17) is 16.3 Å². The molecule has 2 rings (SSSR count). The molecular weight excluding hydrogens is 274 g/mol. The van der Waals surface area contributed by atoms with Crippen LogP contribution in [0, 0.1) is 18.8 Å². The Kier molecular flexibility index (Phi) is 5.03. The molecule has 0 saturated heterocycles. The van der Waals surface area contributed by atoms with E-state index < -0.39 is 0 Å². The maximum Gasteiger partial charge on any atom is 0.164 e. The lowest BCUT2D eigenvalue weighted by Crippen LogP contribution is -2.07. The molecule has 0 bridgehead atoms. The van der Waals surface area contributed by atoms with Crippen molar-refractivity contribution >= 4 is 11.6 Å². The lowest BCUT2D eigenvalue weighted by atomic mass is 10.1. The molecule has 104 valence electrons. The van der Waals surface area contributed by atoms with Gasteiger partial charge in [0.2, 0.25) is 0 Å². The maximum atomic E-state index is 5.81. The number of aromatic nitrogens is 3. The van der Waals surface area contributed by atoms with Gasteiger partial charge in [-0.15, -0.1) is 11.6 Å². The molecule has 0 spiro atoms. The van der Waals surface area contributed by atoms with E-state index in [2.05, 4.69) is 21.9 Å². The fourth-order valence-corrected chi connectivity index (χ4v) is 1.87. The Morgan fingerprint density at radius 1 is 1.40 bits per heavy atom. The van der Waals surface area contributed by atoms with Crippen molar-refractivity contribution in [3.63, 3.8) is 0 Å². The highest BCUT2D eigenvalue weighted by Crippen LogP contribution is 2.20. The minimum Gasteiger partial charge on any atom is -0.484 e. The van der Waals surface area contributed by atoms with Crippen LogP contribution >= 0.6 is 11.6 Å². The van der Waals surface area contributed by atoms with E-state index >= 15 is 0 Å². The highest BCUT2D eigenvalue weighted by molar-refractivity contribution is 6.19. The van der Waals surface area contributed by atoms with E-state index in [1.54, 1.807) is 4.68 Å². The topological polar surface area (TPSA) is 39.9 Å². The minimum absolute atomic E-state index is 0.303.